The Morgan fingerprint density at radius 2 is 1.85 bits per heavy atom. The molecule has 0 radical (unpaired) electrons. The first-order valence-electron chi connectivity index (χ1n) is 13.5. The molecule has 2 saturated heterocycles. The number of nitrogens with zero attached hydrogens (tertiary/aromatic N) is 4. The molecule has 1 atom stereocenters. The molecular formula is C30H29ClF2N4O4. The molecule has 0 bridgehead atoms. The molecular weight excluding hydrogens is 554 g/mol. The van der Waals surface area contributed by atoms with Gasteiger partial charge in [-0.25, -0.2) is 18.6 Å². The number of rotatable bonds is 9. The van der Waals surface area contributed by atoms with Crippen molar-refractivity contribution in [1.82, 2.24) is 14.5 Å². The molecule has 0 saturated carbocycles. The summed E-state index contributed by atoms with van der Waals surface area (Å²) in [5, 5.41) is 9.79. The minimum Gasteiger partial charge on any atom is -0.489 e. The monoisotopic (exact) mass is 582 g/mol. The van der Waals surface area contributed by atoms with Crippen molar-refractivity contribution in [2.24, 2.45) is 0 Å². The van der Waals surface area contributed by atoms with Gasteiger partial charge in [0.1, 0.15) is 29.8 Å². The van der Waals surface area contributed by atoms with Gasteiger partial charge in [-0.2, -0.15) is 0 Å². The van der Waals surface area contributed by atoms with Crippen LogP contribution in [0.5, 0.6) is 5.75 Å². The average molecular weight is 583 g/mol. The molecule has 3 aromatic carbocycles. The third-order valence-electron chi connectivity index (χ3n) is 7.66. The summed E-state index contributed by atoms with van der Waals surface area (Å²) in [6.45, 7) is 4.50. The van der Waals surface area contributed by atoms with E-state index in [2.05, 4.69) is 9.47 Å². The van der Waals surface area contributed by atoms with Gasteiger partial charge in [-0.15, -0.1) is 0 Å². The van der Waals surface area contributed by atoms with Gasteiger partial charge in [0.2, 0.25) is 0 Å². The number of fused-ring (bicyclic) bond motifs is 1. The van der Waals surface area contributed by atoms with Gasteiger partial charge >= 0.3 is 5.97 Å². The molecule has 2 fully saturated rings. The summed E-state index contributed by atoms with van der Waals surface area (Å²) in [6.07, 6.45) is 1.05. The normalized spacial score (nSPS) is 17.5. The molecule has 0 amide bonds. The third kappa shape index (κ3) is 6.00. The highest BCUT2D eigenvalue weighted by molar-refractivity contribution is 6.30. The lowest BCUT2D eigenvalue weighted by molar-refractivity contribution is -0.0592. The molecule has 0 aliphatic carbocycles. The quantitative estimate of drug-likeness (QED) is 0.285. The Bertz CT molecular complexity index is 1580. The summed E-state index contributed by atoms with van der Waals surface area (Å²) in [4.78, 5) is 20.6. The van der Waals surface area contributed by atoms with E-state index in [4.69, 9.17) is 26.1 Å². The molecule has 6 rings (SSSR count). The van der Waals surface area contributed by atoms with Crippen LogP contribution in [0.3, 0.4) is 0 Å². The zero-order chi connectivity index (χ0) is 28.5. The highest BCUT2D eigenvalue weighted by atomic mass is 35.5. The number of halogens is 3. The smallest absolute Gasteiger partial charge is 0.335 e. The predicted octanol–water partition coefficient (Wildman–Crippen LogP) is 5.36. The lowest BCUT2D eigenvalue weighted by Gasteiger charge is -2.36. The fraction of sp³-hybridized carbons (Fsp3) is 0.333. The van der Waals surface area contributed by atoms with Crippen molar-refractivity contribution >= 4 is 34.3 Å². The number of imidazole rings is 1. The molecule has 11 heteroatoms. The van der Waals surface area contributed by atoms with Crippen molar-refractivity contribution in [2.75, 3.05) is 37.7 Å². The van der Waals surface area contributed by atoms with Gasteiger partial charge in [0, 0.05) is 49.4 Å². The first-order valence-corrected chi connectivity index (χ1v) is 13.9. The minimum absolute atomic E-state index is 0.00269. The second kappa shape index (κ2) is 11.6. The molecule has 3 heterocycles. The predicted molar refractivity (Wildman–Crippen MR) is 151 cm³/mol. The first kappa shape index (κ1) is 27.4. The Morgan fingerprint density at radius 3 is 2.56 bits per heavy atom. The van der Waals surface area contributed by atoms with Crippen molar-refractivity contribution in [2.45, 2.75) is 32.2 Å². The van der Waals surface area contributed by atoms with Crippen LogP contribution in [0.25, 0.3) is 11.0 Å². The van der Waals surface area contributed by atoms with Crippen LogP contribution in [0.2, 0.25) is 5.02 Å². The number of carboxylic acids is 1. The van der Waals surface area contributed by atoms with Gasteiger partial charge in [-0.1, -0.05) is 17.7 Å². The summed E-state index contributed by atoms with van der Waals surface area (Å²) in [5.41, 5.74) is 2.56. The van der Waals surface area contributed by atoms with Gasteiger partial charge in [-0.05, 0) is 48.9 Å². The van der Waals surface area contributed by atoms with Crippen LogP contribution in [0.1, 0.15) is 28.2 Å². The lowest BCUT2D eigenvalue weighted by atomic mass is 10.1. The lowest BCUT2D eigenvalue weighted by Crippen LogP contribution is -2.46. The van der Waals surface area contributed by atoms with E-state index in [0.29, 0.717) is 61.3 Å². The second-order valence-electron chi connectivity index (χ2n) is 10.3. The van der Waals surface area contributed by atoms with Gasteiger partial charge in [0.15, 0.2) is 0 Å². The number of ether oxygens (including phenoxy) is 2. The number of aromatic carboxylic acids is 1. The van der Waals surface area contributed by atoms with E-state index in [0.717, 1.165) is 29.9 Å². The van der Waals surface area contributed by atoms with E-state index in [1.807, 2.05) is 4.90 Å². The zero-order valence-electron chi connectivity index (χ0n) is 22.2. The summed E-state index contributed by atoms with van der Waals surface area (Å²) in [6, 6.07) is 13.9. The highest BCUT2D eigenvalue weighted by Gasteiger charge is 2.25. The van der Waals surface area contributed by atoms with Crippen LogP contribution >= 0.6 is 11.6 Å². The molecule has 8 nitrogen and oxygen atoms in total. The summed E-state index contributed by atoms with van der Waals surface area (Å²) < 4.78 is 42.5. The Balaban J connectivity index is 1.13. The van der Waals surface area contributed by atoms with Crippen LogP contribution in [0.15, 0.2) is 54.6 Å². The highest BCUT2D eigenvalue weighted by Crippen LogP contribution is 2.28. The third-order valence-corrected chi connectivity index (χ3v) is 7.89. The van der Waals surface area contributed by atoms with E-state index in [1.165, 1.54) is 18.2 Å². The Labute approximate surface area is 240 Å². The number of carboxylic acid groups (broad SMARTS) is 1. The van der Waals surface area contributed by atoms with Crippen molar-refractivity contribution in [3.8, 4) is 5.75 Å². The Morgan fingerprint density at radius 1 is 1.05 bits per heavy atom. The Kier molecular flexibility index (Phi) is 7.79. The number of benzene rings is 3. The number of hydrogen-bond acceptors (Lipinski definition) is 6. The van der Waals surface area contributed by atoms with Crippen LogP contribution in [0, 0.1) is 11.6 Å². The van der Waals surface area contributed by atoms with Crippen LogP contribution in [0.4, 0.5) is 14.5 Å². The summed E-state index contributed by atoms with van der Waals surface area (Å²) >= 11 is 5.82. The minimum atomic E-state index is -0.976. The maximum absolute atomic E-state index is 14.8. The Hall–Kier alpha value is -3.73. The van der Waals surface area contributed by atoms with Crippen LogP contribution in [-0.4, -0.2) is 64.4 Å². The number of carbonyl (C=O) groups is 1. The zero-order valence-corrected chi connectivity index (χ0v) is 23.0. The van der Waals surface area contributed by atoms with Gasteiger partial charge in [0.05, 0.1) is 41.5 Å². The molecule has 2 aliphatic heterocycles. The van der Waals surface area contributed by atoms with Gasteiger partial charge in [-0.3, -0.25) is 4.90 Å². The molecule has 0 spiro atoms. The van der Waals surface area contributed by atoms with E-state index < -0.39 is 11.8 Å². The second-order valence-corrected chi connectivity index (χ2v) is 10.8. The van der Waals surface area contributed by atoms with E-state index >= 15 is 0 Å². The van der Waals surface area contributed by atoms with Crippen molar-refractivity contribution in [1.29, 1.82) is 0 Å². The van der Waals surface area contributed by atoms with E-state index in [-0.39, 0.29) is 24.1 Å². The molecule has 0 unspecified atom stereocenters. The largest absolute Gasteiger partial charge is 0.489 e. The molecule has 2 aliphatic rings. The first-order chi connectivity index (χ1) is 19.8. The topological polar surface area (TPSA) is 80.1 Å². The SMILES string of the molecule is O=C(O)c1ccc2nc(CN3CCN(c4cc(OCc5ccc(Cl)cc5F)ccc4F)CC3)n(C[C@@H]3CCO3)c2c1. The van der Waals surface area contributed by atoms with Crippen LogP contribution < -0.4 is 9.64 Å². The number of hydrogen-bond donors (Lipinski definition) is 1. The summed E-state index contributed by atoms with van der Waals surface area (Å²) in [7, 11) is 0. The number of aromatic nitrogens is 2. The molecule has 4 aromatic rings. The average Bonchev–Trinajstić information content (AvgIpc) is 3.27. The maximum Gasteiger partial charge on any atom is 0.335 e. The fourth-order valence-corrected chi connectivity index (χ4v) is 5.39. The van der Waals surface area contributed by atoms with E-state index in [9.17, 15) is 18.7 Å². The molecule has 1 aromatic heterocycles. The van der Waals surface area contributed by atoms with Gasteiger partial charge in [0.25, 0.3) is 0 Å². The fourth-order valence-electron chi connectivity index (χ4n) is 5.23. The van der Waals surface area contributed by atoms with E-state index in [1.54, 1.807) is 36.4 Å². The number of anilines is 1. The van der Waals surface area contributed by atoms with Crippen LogP contribution in [-0.2, 0) is 24.4 Å². The van der Waals surface area contributed by atoms with Crippen molar-refractivity contribution in [3.05, 3.63) is 88.2 Å². The van der Waals surface area contributed by atoms with Gasteiger partial charge < -0.3 is 24.0 Å². The molecule has 214 valence electrons. The maximum atomic E-state index is 14.8. The standard InChI is InChI=1S/C30H29ClF2N4O4/c31-21-3-1-20(25(33)14-21)18-41-22-4-5-24(32)27(15-22)36-10-8-35(9-11-36)17-29-34-26-6-2-19(30(38)39)13-28(26)37(29)16-23-7-12-40-23/h1-6,13-15,23H,7-12,16-18H2,(H,38,39)/t23-/m0/s1. The van der Waals surface area contributed by atoms with Crippen molar-refractivity contribution < 1.29 is 28.2 Å². The summed E-state index contributed by atoms with van der Waals surface area (Å²) in [5.74, 6) is -0.476. The van der Waals surface area contributed by atoms with Crippen molar-refractivity contribution in [3.63, 3.8) is 0 Å². The molecule has 41 heavy (non-hydrogen) atoms. The molecule has 1 N–H and O–H groups in total. The number of piperazine rings is 1.